The average molecular weight is 511 g/mol. The van der Waals surface area contributed by atoms with Crippen molar-refractivity contribution in [2.24, 2.45) is 5.92 Å². The molecule has 3 aliphatic heterocycles. The van der Waals surface area contributed by atoms with Crippen molar-refractivity contribution in [3.8, 4) is 0 Å². The van der Waals surface area contributed by atoms with Crippen molar-refractivity contribution in [2.45, 2.75) is 24.4 Å². The number of non-ortho nitro benzene ring substituents is 1. The van der Waals surface area contributed by atoms with Crippen LogP contribution in [0.2, 0.25) is 5.02 Å². The van der Waals surface area contributed by atoms with Gasteiger partial charge in [-0.3, -0.25) is 24.6 Å². The van der Waals surface area contributed by atoms with Gasteiger partial charge in [0.05, 0.1) is 16.5 Å². The molecule has 2 aromatic carbocycles. The molecule has 1 amide bonds. The van der Waals surface area contributed by atoms with Crippen LogP contribution in [0.1, 0.15) is 33.2 Å². The highest BCUT2D eigenvalue weighted by Crippen LogP contribution is 2.61. The zero-order chi connectivity index (χ0) is 24.5. The smallest absolute Gasteiger partial charge is 0.269 e. The normalized spacial score (nSPS) is 27.1. The van der Waals surface area contributed by atoms with E-state index in [-0.39, 0.29) is 29.1 Å². The molecule has 10 nitrogen and oxygen atoms in total. The van der Waals surface area contributed by atoms with Gasteiger partial charge in [0.2, 0.25) is 5.91 Å². The van der Waals surface area contributed by atoms with E-state index < -0.39 is 22.3 Å². The Morgan fingerprint density at radius 1 is 1.29 bits per heavy atom. The Balaban J connectivity index is 1.63. The van der Waals surface area contributed by atoms with Crippen molar-refractivity contribution in [2.75, 3.05) is 16.9 Å². The van der Waals surface area contributed by atoms with E-state index in [1.807, 2.05) is 0 Å². The molecule has 4 atom stereocenters. The summed E-state index contributed by atoms with van der Waals surface area (Å²) in [7, 11) is 0. The lowest BCUT2D eigenvalue weighted by atomic mass is 9.70. The van der Waals surface area contributed by atoms with Gasteiger partial charge in [-0.05, 0) is 24.6 Å². The van der Waals surface area contributed by atoms with Gasteiger partial charge in [0.25, 0.3) is 5.69 Å². The molecule has 178 valence electrons. The minimum absolute atomic E-state index is 0.0625. The summed E-state index contributed by atoms with van der Waals surface area (Å²) >= 11 is 7.90. The molecule has 0 saturated carbocycles. The number of benzene rings is 2. The Morgan fingerprint density at radius 2 is 2.11 bits per heavy atom. The molecule has 0 radical (unpaired) electrons. The summed E-state index contributed by atoms with van der Waals surface area (Å²) in [5.74, 6) is -0.803. The molecule has 0 bridgehead atoms. The number of carbonyl (C=O) groups excluding carboxylic acids is 2. The first kappa shape index (κ1) is 22.2. The van der Waals surface area contributed by atoms with Gasteiger partial charge in [0.1, 0.15) is 5.54 Å². The number of anilines is 1. The first-order valence-corrected chi connectivity index (χ1v) is 12.5. The highest BCUT2D eigenvalue weighted by molar-refractivity contribution is 7.99. The van der Waals surface area contributed by atoms with Crippen molar-refractivity contribution in [1.29, 1.82) is 0 Å². The Kier molecular flexibility index (Phi) is 4.99. The number of nitrogens with one attached hydrogen (secondary N) is 2. The Bertz CT molecular complexity index is 1410. The number of halogens is 1. The van der Waals surface area contributed by atoms with Crippen molar-refractivity contribution < 1.29 is 14.5 Å². The molecule has 2 fully saturated rings. The molecule has 1 spiro atoms. The van der Waals surface area contributed by atoms with Crippen LogP contribution in [0.4, 0.5) is 11.4 Å². The summed E-state index contributed by atoms with van der Waals surface area (Å²) in [6.45, 7) is 1.68. The maximum atomic E-state index is 14.3. The van der Waals surface area contributed by atoms with Crippen LogP contribution >= 0.6 is 23.4 Å². The van der Waals surface area contributed by atoms with Gasteiger partial charge in [-0.1, -0.05) is 29.8 Å². The SMILES string of the molecule is Cc1n[nH]nc1C(=O)[C@H]1[C@H](c2cccc([N+](=O)[O-])c2)C2CSCN2[C@]12C(=O)Nc1cc(Cl)ccc12. The van der Waals surface area contributed by atoms with E-state index in [0.717, 1.165) is 0 Å². The van der Waals surface area contributed by atoms with Gasteiger partial charge >= 0.3 is 0 Å². The number of ketones is 1. The molecule has 3 aliphatic rings. The van der Waals surface area contributed by atoms with Gasteiger partial charge in [-0.15, -0.1) is 11.8 Å². The number of amides is 1. The van der Waals surface area contributed by atoms with Crippen LogP contribution in [0.3, 0.4) is 0 Å². The van der Waals surface area contributed by atoms with Gasteiger partial charge < -0.3 is 5.32 Å². The molecular formula is C23H19ClN6O4S. The van der Waals surface area contributed by atoms with Gasteiger partial charge in [-0.2, -0.15) is 15.4 Å². The molecule has 6 rings (SSSR count). The number of H-pyrrole nitrogens is 1. The van der Waals surface area contributed by atoms with E-state index in [1.165, 1.54) is 12.1 Å². The zero-order valence-electron chi connectivity index (χ0n) is 18.4. The molecule has 2 saturated heterocycles. The number of carbonyl (C=O) groups is 2. The maximum Gasteiger partial charge on any atom is 0.269 e. The number of Topliss-reactive ketones (excluding diaryl/α,β-unsaturated/α-hetero) is 1. The summed E-state index contributed by atoms with van der Waals surface area (Å²) < 4.78 is 0. The van der Waals surface area contributed by atoms with Crippen molar-refractivity contribution in [1.82, 2.24) is 20.3 Å². The number of aromatic nitrogens is 3. The molecule has 2 N–H and O–H groups in total. The van der Waals surface area contributed by atoms with Crippen LogP contribution in [0, 0.1) is 23.0 Å². The summed E-state index contributed by atoms with van der Waals surface area (Å²) in [4.78, 5) is 41.4. The third-order valence-corrected chi connectivity index (χ3v) is 8.56. The van der Waals surface area contributed by atoms with E-state index >= 15 is 0 Å². The van der Waals surface area contributed by atoms with Crippen molar-refractivity contribution in [3.05, 3.63) is 80.1 Å². The molecule has 4 heterocycles. The average Bonchev–Trinajstić information content (AvgIpc) is 3.58. The second-order valence-corrected chi connectivity index (χ2v) is 10.4. The second kappa shape index (κ2) is 7.87. The number of fused-ring (bicyclic) bond motifs is 4. The topological polar surface area (TPSA) is 134 Å². The maximum absolute atomic E-state index is 14.3. The quantitative estimate of drug-likeness (QED) is 0.309. The first-order valence-electron chi connectivity index (χ1n) is 11.0. The first-order chi connectivity index (χ1) is 16.8. The summed E-state index contributed by atoms with van der Waals surface area (Å²) in [5.41, 5.74) is 1.09. The fourth-order valence-corrected chi connectivity index (χ4v) is 7.44. The summed E-state index contributed by atoms with van der Waals surface area (Å²) in [5, 5.41) is 25.6. The van der Waals surface area contributed by atoms with Crippen LogP contribution in [0.5, 0.6) is 0 Å². The third kappa shape index (κ3) is 3.01. The minimum Gasteiger partial charge on any atom is -0.324 e. The second-order valence-electron chi connectivity index (χ2n) is 8.92. The highest BCUT2D eigenvalue weighted by Gasteiger charge is 2.70. The Labute approximate surface area is 208 Å². The van der Waals surface area contributed by atoms with E-state index in [2.05, 4.69) is 25.6 Å². The largest absolute Gasteiger partial charge is 0.324 e. The van der Waals surface area contributed by atoms with Crippen LogP contribution in [0.25, 0.3) is 0 Å². The molecule has 1 unspecified atom stereocenters. The minimum atomic E-state index is -1.31. The summed E-state index contributed by atoms with van der Waals surface area (Å²) in [6, 6.07) is 11.3. The van der Waals surface area contributed by atoms with E-state index in [4.69, 9.17) is 11.6 Å². The number of aryl methyl sites for hydroxylation is 1. The number of thioether (sulfide) groups is 1. The Morgan fingerprint density at radius 3 is 2.86 bits per heavy atom. The third-order valence-electron chi connectivity index (χ3n) is 7.29. The standard InChI is InChI=1S/C23H19ClN6O4S/c1-11-20(27-28-26-11)21(31)19-18(12-3-2-4-14(7-12)30(33)34)17-9-35-10-29(17)23(19)15-6-5-13(24)8-16(15)25-22(23)32/h2-8,17-19H,9-10H2,1H3,(H,25,32)(H,26,27,28)/t17?,18-,19-,23+/m1/s1. The van der Waals surface area contributed by atoms with Crippen molar-refractivity contribution >= 4 is 46.4 Å². The van der Waals surface area contributed by atoms with Crippen LogP contribution in [0.15, 0.2) is 42.5 Å². The van der Waals surface area contributed by atoms with Crippen LogP contribution in [-0.2, 0) is 10.3 Å². The van der Waals surface area contributed by atoms with Crippen LogP contribution < -0.4 is 5.32 Å². The number of nitrogens with zero attached hydrogens (tertiary/aromatic N) is 4. The van der Waals surface area contributed by atoms with E-state index in [0.29, 0.717) is 39.2 Å². The number of nitro groups is 1. The molecule has 0 aliphatic carbocycles. The van der Waals surface area contributed by atoms with E-state index in [1.54, 1.807) is 49.0 Å². The van der Waals surface area contributed by atoms with Gasteiger partial charge in [0.15, 0.2) is 11.5 Å². The number of hydrogen-bond donors (Lipinski definition) is 2. The van der Waals surface area contributed by atoms with Gasteiger partial charge in [0, 0.05) is 52.0 Å². The molecular weight excluding hydrogens is 492 g/mol. The monoisotopic (exact) mass is 510 g/mol. The fraction of sp³-hybridized carbons (Fsp3) is 0.304. The molecule has 3 aromatic rings. The molecule has 35 heavy (non-hydrogen) atoms. The Hall–Kier alpha value is -3.28. The number of aromatic amines is 1. The lowest BCUT2D eigenvalue weighted by Gasteiger charge is -2.36. The lowest BCUT2D eigenvalue weighted by Crippen LogP contribution is -2.52. The summed E-state index contributed by atoms with van der Waals surface area (Å²) in [6.07, 6.45) is 0. The zero-order valence-corrected chi connectivity index (χ0v) is 20.0. The molecule has 12 heteroatoms. The number of nitro benzene ring substituents is 1. The fourth-order valence-electron chi connectivity index (χ4n) is 5.94. The van der Waals surface area contributed by atoms with Crippen LogP contribution in [-0.4, -0.2) is 54.6 Å². The van der Waals surface area contributed by atoms with E-state index in [9.17, 15) is 19.7 Å². The predicted molar refractivity (Wildman–Crippen MR) is 129 cm³/mol. The predicted octanol–water partition coefficient (Wildman–Crippen LogP) is 3.49. The van der Waals surface area contributed by atoms with Gasteiger partial charge in [-0.25, -0.2) is 0 Å². The number of hydrogen-bond acceptors (Lipinski definition) is 8. The lowest BCUT2D eigenvalue weighted by molar-refractivity contribution is -0.384. The van der Waals surface area contributed by atoms with Crippen molar-refractivity contribution in [3.63, 3.8) is 0 Å². The highest BCUT2D eigenvalue weighted by atomic mass is 35.5. The number of rotatable bonds is 4. The molecule has 1 aromatic heterocycles.